The average Bonchev–Trinajstić information content (AvgIpc) is 3.06. The maximum atomic E-state index is 6.34. The molecule has 2 fully saturated rings. The third-order valence-electron chi connectivity index (χ3n) is 7.41. The second kappa shape index (κ2) is 6.97. The van der Waals surface area contributed by atoms with Crippen molar-refractivity contribution in [3.05, 3.63) is 23.3 Å². The molecule has 2 heterocycles. The highest BCUT2D eigenvalue weighted by atomic mass is 16.7. The van der Waals surface area contributed by atoms with Crippen molar-refractivity contribution in [2.45, 2.75) is 97.0 Å². The summed E-state index contributed by atoms with van der Waals surface area (Å²) < 4.78 is 24.8. The van der Waals surface area contributed by atoms with Gasteiger partial charge in [0.25, 0.3) is 0 Å². The van der Waals surface area contributed by atoms with E-state index in [1.165, 1.54) is 36.8 Å². The standard InChI is InChI=1S/C23H37BO4/c1-20(2)21(3,4)28-24(27-20)14-18-12-23(15-25-22(5,6)26-16-23)13-19(18)17-10-8-7-9-11-17/h10,13,18H,7-9,11-12,14-16H2,1-6H3. The van der Waals surface area contributed by atoms with Crippen LogP contribution in [0.5, 0.6) is 0 Å². The van der Waals surface area contributed by atoms with Gasteiger partial charge in [-0.25, -0.2) is 0 Å². The van der Waals surface area contributed by atoms with Gasteiger partial charge in [-0.15, -0.1) is 0 Å². The van der Waals surface area contributed by atoms with Crippen LogP contribution in [0, 0.1) is 11.3 Å². The second-order valence-electron chi connectivity index (χ2n) is 10.7. The Morgan fingerprint density at radius 1 is 0.964 bits per heavy atom. The molecule has 1 unspecified atom stereocenters. The smallest absolute Gasteiger partial charge is 0.403 e. The molecule has 5 heteroatoms. The minimum atomic E-state index is -0.479. The summed E-state index contributed by atoms with van der Waals surface area (Å²) in [6.45, 7) is 14.0. The van der Waals surface area contributed by atoms with Gasteiger partial charge >= 0.3 is 7.12 Å². The van der Waals surface area contributed by atoms with Crippen LogP contribution in [-0.4, -0.2) is 37.3 Å². The van der Waals surface area contributed by atoms with Gasteiger partial charge in [0.05, 0.1) is 24.4 Å². The molecule has 0 bridgehead atoms. The van der Waals surface area contributed by atoms with Crippen molar-refractivity contribution in [3.63, 3.8) is 0 Å². The molecule has 4 rings (SSSR count). The molecule has 156 valence electrons. The lowest BCUT2D eigenvalue weighted by molar-refractivity contribution is -0.277. The van der Waals surface area contributed by atoms with Gasteiger partial charge in [0.1, 0.15) is 0 Å². The highest BCUT2D eigenvalue weighted by Crippen LogP contribution is 2.50. The Morgan fingerprint density at radius 3 is 2.18 bits per heavy atom. The van der Waals surface area contributed by atoms with Crippen LogP contribution < -0.4 is 0 Å². The van der Waals surface area contributed by atoms with E-state index in [2.05, 4.69) is 39.8 Å². The van der Waals surface area contributed by atoms with Gasteiger partial charge in [-0.1, -0.05) is 12.2 Å². The summed E-state index contributed by atoms with van der Waals surface area (Å²) in [5.41, 5.74) is 2.47. The predicted molar refractivity (Wildman–Crippen MR) is 112 cm³/mol. The van der Waals surface area contributed by atoms with Gasteiger partial charge in [-0.2, -0.15) is 0 Å². The monoisotopic (exact) mass is 388 g/mol. The van der Waals surface area contributed by atoms with E-state index in [0.717, 1.165) is 26.0 Å². The van der Waals surface area contributed by atoms with E-state index >= 15 is 0 Å². The van der Waals surface area contributed by atoms with E-state index < -0.39 is 5.79 Å². The van der Waals surface area contributed by atoms with Gasteiger partial charge in [0.15, 0.2) is 5.79 Å². The average molecular weight is 388 g/mol. The molecule has 28 heavy (non-hydrogen) atoms. The van der Waals surface area contributed by atoms with E-state index in [1.54, 1.807) is 0 Å². The zero-order valence-electron chi connectivity index (χ0n) is 18.6. The zero-order valence-corrected chi connectivity index (χ0v) is 18.6. The molecule has 1 spiro atoms. The van der Waals surface area contributed by atoms with Crippen molar-refractivity contribution in [1.82, 2.24) is 0 Å². The van der Waals surface area contributed by atoms with Gasteiger partial charge < -0.3 is 18.8 Å². The topological polar surface area (TPSA) is 36.9 Å². The third-order valence-corrected chi connectivity index (χ3v) is 7.41. The first-order valence-electron chi connectivity index (χ1n) is 11.1. The lowest BCUT2D eigenvalue weighted by Crippen LogP contribution is -2.45. The number of hydrogen-bond donors (Lipinski definition) is 0. The van der Waals surface area contributed by atoms with Crippen LogP contribution in [0.4, 0.5) is 0 Å². The molecule has 0 aromatic rings. The third kappa shape index (κ3) is 3.88. The van der Waals surface area contributed by atoms with Crippen LogP contribution >= 0.6 is 0 Å². The Morgan fingerprint density at radius 2 is 1.61 bits per heavy atom. The number of ether oxygens (including phenoxy) is 2. The Balaban J connectivity index is 1.54. The molecule has 2 aliphatic heterocycles. The summed E-state index contributed by atoms with van der Waals surface area (Å²) >= 11 is 0. The van der Waals surface area contributed by atoms with Crippen LogP contribution in [0.1, 0.15) is 73.6 Å². The molecule has 2 saturated heterocycles. The summed E-state index contributed by atoms with van der Waals surface area (Å²) in [5.74, 6) is -0.0415. The van der Waals surface area contributed by atoms with E-state index in [9.17, 15) is 0 Å². The highest BCUT2D eigenvalue weighted by Gasteiger charge is 2.53. The molecule has 0 saturated carbocycles. The van der Waals surface area contributed by atoms with Gasteiger partial charge in [0.2, 0.25) is 0 Å². The molecule has 2 aliphatic carbocycles. The largest absolute Gasteiger partial charge is 0.458 e. The Hall–Kier alpha value is -0.615. The van der Waals surface area contributed by atoms with Gasteiger partial charge in [-0.3, -0.25) is 0 Å². The van der Waals surface area contributed by atoms with E-state index in [0.29, 0.717) is 5.92 Å². The van der Waals surface area contributed by atoms with Crippen LogP contribution in [0.25, 0.3) is 0 Å². The minimum Gasteiger partial charge on any atom is -0.403 e. The minimum absolute atomic E-state index is 0.0164. The zero-order chi connectivity index (χ0) is 20.2. The van der Waals surface area contributed by atoms with Gasteiger partial charge in [0, 0.05) is 5.41 Å². The predicted octanol–water partition coefficient (Wildman–Crippen LogP) is 5.29. The molecule has 0 N–H and O–H groups in total. The fraction of sp³-hybridized carbons (Fsp3) is 0.826. The first kappa shape index (κ1) is 20.6. The molecule has 1 atom stereocenters. The maximum Gasteiger partial charge on any atom is 0.458 e. The number of allylic oxidation sites excluding steroid dienone is 3. The summed E-state index contributed by atoms with van der Waals surface area (Å²) in [4.78, 5) is 0. The van der Waals surface area contributed by atoms with Crippen molar-refractivity contribution in [1.29, 1.82) is 0 Å². The summed E-state index contributed by atoms with van der Waals surface area (Å²) in [6, 6.07) is 0. The first-order chi connectivity index (χ1) is 13.0. The van der Waals surface area contributed by atoms with Crippen molar-refractivity contribution in [2.24, 2.45) is 11.3 Å². The van der Waals surface area contributed by atoms with E-state index in [1.807, 2.05) is 13.8 Å². The van der Waals surface area contributed by atoms with Crippen molar-refractivity contribution in [2.75, 3.05) is 13.2 Å². The second-order valence-corrected chi connectivity index (χ2v) is 10.7. The number of rotatable bonds is 3. The lowest BCUT2D eigenvalue weighted by atomic mass is 9.71. The highest BCUT2D eigenvalue weighted by molar-refractivity contribution is 6.45. The fourth-order valence-corrected chi connectivity index (χ4v) is 4.99. The summed E-state index contributed by atoms with van der Waals surface area (Å²) in [7, 11) is -0.153. The molecule has 4 nitrogen and oxygen atoms in total. The lowest BCUT2D eigenvalue weighted by Gasteiger charge is -2.41. The first-order valence-corrected chi connectivity index (χ1v) is 11.1. The molecule has 0 radical (unpaired) electrons. The van der Waals surface area contributed by atoms with Crippen LogP contribution in [0.3, 0.4) is 0 Å². The van der Waals surface area contributed by atoms with Crippen molar-refractivity contribution < 1.29 is 18.8 Å². The molecule has 0 amide bonds. The number of hydrogen-bond acceptors (Lipinski definition) is 4. The van der Waals surface area contributed by atoms with Crippen LogP contribution in [-0.2, 0) is 18.8 Å². The van der Waals surface area contributed by atoms with Gasteiger partial charge in [-0.05, 0) is 97.0 Å². The van der Waals surface area contributed by atoms with Crippen LogP contribution in [0.2, 0.25) is 6.32 Å². The molecule has 0 aromatic carbocycles. The fourth-order valence-electron chi connectivity index (χ4n) is 4.99. The Labute approximate surface area is 171 Å². The van der Waals surface area contributed by atoms with Crippen molar-refractivity contribution >= 4 is 7.12 Å². The van der Waals surface area contributed by atoms with E-state index in [4.69, 9.17) is 18.8 Å². The molecular formula is C23H37BO4. The SMILES string of the molecule is CC1(C)OCC2(C=C(C3=CCCCC3)C(CB3OC(C)(C)C(C)(C)O3)C2)CO1. The summed E-state index contributed by atoms with van der Waals surface area (Å²) in [6.07, 6.45) is 11.9. The molecular weight excluding hydrogens is 351 g/mol. The Bertz CT molecular complexity index is 650. The summed E-state index contributed by atoms with van der Waals surface area (Å²) in [5, 5.41) is 0. The van der Waals surface area contributed by atoms with E-state index in [-0.39, 0.29) is 23.7 Å². The maximum absolute atomic E-state index is 6.34. The normalized spacial score (nSPS) is 33.1. The molecule has 4 aliphatic rings. The van der Waals surface area contributed by atoms with Crippen molar-refractivity contribution in [3.8, 4) is 0 Å². The quantitative estimate of drug-likeness (QED) is 0.616. The molecule has 0 aromatic heterocycles. The Kier molecular flexibility index (Phi) is 5.14. The van der Waals surface area contributed by atoms with Crippen LogP contribution in [0.15, 0.2) is 23.3 Å².